The fourth-order valence-corrected chi connectivity index (χ4v) is 2.62. The van der Waals surface area contributed by atoms with Gasteiger partial charge in [0, 0.05) is 29.6 Å². The molecule has 0 saturated heterocycles. The van der Waals surface area contributed by atoms with E-state index in [1.807, 2.05) is 24.4 Å². The SMILES string of the molecule is NCc1cnc(-c2ccc3c(c2)OCCCO3)s1. The maximum absolute atomic E-state index is 5.67. The predicted molar refractivity (Wildman–Crippen MR) is 71.0 cm³/mol. The van der Waals surface area contributed by atoms with E-state index in [-0.39, 0.29) is 0 Å². The lowest BCUT2D eigenvalue weighted by molar-refractivity contribution is 0.297. The lowest BCUT2D eigenvalue weighted by atomic mass is 10.2. The van der Waals surface area contributed by atoms with Crippen LogP contribution in [0.1, 0.15) is 11.3 Å². The molecule has 94 valence electrons. The van der Waals surface area contributed by atoms with E-state index in [2.05, 4.69) is 4.98 Å². The second-order valence-corrected chi connectivity index (χ2v) is 5.16. The highest BCUT2D eigenvalue weighted by Crippen LogP contribution is 2.35. The molecular weight excluding hydrogens is 248 g/mol. The summed E-state index contributed by atoms with van der Waals surface area (Å²) < 4.78 is 11.3. The molecule has 0 saturated carbocycles. The Balaban J connectivity index is 1.95. The minimum atomic E-state index is 0.530. The zero-order chi connectivity index (χ0) is 12.4. The van der Waals surface area contributed by atoms with Crippen molar-refractivity contribution >= 4 is 11.3 Å². The Bertz CT molecular complexity index is 554. The summed E-state index contributed by atoms with van der Waals surface area (Å²) in [5, 5.41) is 0.964. The number of hydrogen-bond acceptors (Lipinski definition) is 5. The number of thiazole rings is 1. The van der Waals surface area contributed by atoms with Crippen LogP contribution in [0, 0.1) is 0 Å². The van der Waals surface area contributed by atoms with Gasteiger partial charge in [0.05, 0.1) is 13.2 Å². The number of nitrogens with two attached hydrogens (primary N) is 1. The molecule has 1 aromatic carbocycles. The summed E-state index contributed by atoms with van der Waals surface area (Å²) in [5.41, 5.74) is 6.64. The predicted octanol–water partition coefficient (Wildman–Crippen LogP) is 2.43. The fraction of sp³-hybridized carbons (Fsp3) is 0.308. The smallest absolute Gasteiger partial charge is 0.161 e. The van der Waals surface area contributed by atoms with E-state index in [1.54, 1.807) is 11.3 Å². The van der Waals surface area contributed by atoms with Gasteiger partial charge >= 0.3 is 0 Å². The highest BCUT2D eigenvalue weighted by atomic mass is 32.1. The number of nitrogens with zero attached hydrogens (tertiary/aromatic N) is 1. The van der Waals surface area contributed by atoms with Crippen molar-refractivity contribution in [2.45, 2.75) is 13.0 Å². The Morgan fingerprint density at radius 1 is 1.22 bits per heavy atom. The van der Waals surface area contributed by atoms with Crippen LogP contribution >= 0.6 is 11.3 Å². The Hall–Kier alpha value is -1.59. The third-order valence-corrected chi connectivity index (χ3v) is 3.82. The summed E-state index contributed by atoms with van der Waals surface area (Å²) in [6.45, 7) is 1.94. The van der Waals surface area contributed by atoms with Gasteiger partial charge < -0.3 is 15.2 Å². The minimum absolute atomic E-state index is 0.530. The zero-order valence-corrected chi connectivity index (χ0v) is 10.7. The summed E-state index contributed by atoms with van der Waals surface area (Å²) >= 11 is 1.61. The molecule has 1 aromatic heterocycles. The van der Waals surface area contributed by atoms with Crippen LogP contribution in [-0.4, -0.2) is 18.2 Å². The van der Waals surface area contributed by atoms with Crippen molar-refractivity contribution in [1.82, 2.24) is 4.98 Å². The highest BCUT2D eigenvalue weighted by Gasteiger charge is 2.12. The van der Waals surface area contributed by atoms with Crippen molar-refractivity contribution < 1.29 is 9.47 Å². The number of fused-ring (bicyclic) bond motifs is 1. The summed E-state index contributed by atoms with van der Waals surface area (Å²) in [5.74, 6) is 1.61. The Labute approximate surface area is 109 Å². The molecule has 1 aliphatic heterocycles. The van der Waals surface area contributed by atoms with Gasteiger partial charge in [-0.3, -0.25) is 0 Å². The number of ether oxygens (including phenoxy) is 2. The van der Waals surface area contributed by atoms with Gasteiger partial charge in [-0.25, -0.2) is 4.98 Å². The molecule has 0 unspecified atom stereocenters. The summed E-state index contributed by atoms with van der Waals surface area (Å²) in [6, 6.07) is 5.94. The van der Waals surface area contributed by atoms with Crippen LogP contribution < -0.4 is 15.2 Å². The van der Waals surface area contributed by atoms with Crippen molar-refractivity contribution in [1.29, 1.82) is 0 Å². The van der Waals surface area contributed by atoms with E-state index in [9.17, 15) is 0 Å². The van der Waals surface area contributed by atoms with E-state index in [0.717, 1.165) is 33.4 Å². The Kier molecular flexibility index (Phi) is 3.17. The van der Waals surface area contributed by atoms with Crippen LogP contribution in [0.3, 0.4) is 0 Å². The average molecular weight is 262 g/mol. The number of benzene rings is 1. The molecule has 0 bridgehead atoms. The van der Waals surface area contributed by atoms with Crippen LogP contribution in [-0.2, 0) is 6.54 Å². The second-order valence-electron chi connectivity index (χ2n) is 4.05. The fourth-order valence-electron chi connectivity index (χ4n) is 1.83. The van der Waals surface area contributed by atoms with Gasteiger partial charge in [-0.1, -0.05) is 0 Å². The van der Waals surface area contributed by atoms with Crippen LogP contribution in [0.2, 0.25) is 0 Å². The topological polar surface area (TPSA) is 57.4 Å². The first-order valence-electron chi connectivity index (χ1n) is 5.91. The molecule has 0 amide bonds. The normalized spacial score (nSPS) is 14.3. The largest absolute Gasteiger partial charge is 0.490 e. The van der Waals surface area contributed by atoms with E-state index in [1.165, 1.54) is 0 Å². The van der Waals surface area contributed by atoms with Crippen LogP contribution in [0.4, 0.5) is 0 Å². The van der Waals surface area contributed by atoms with Crippen molar-refractivity contribution in [3.8, 4) is 22.1 Å². The quantitative estimate of drug-likeness (QED) is 0.903. The van der Waals surface area contributed by atoms with E-state index in [4.69, 9.17) is 15.2 Å². The number of aromatic nitrogens is 1. The lowest BCUT2D eigenvalue weighted by Crippen LogP contribution is -1.97. The molecule has 2 N–H and O–H groups in total. The van der Waals surface area contributed by atoms with Crippen molar-refractivity contribution in [2.24, 2.45) is 5.73 Å². The van der Waals surface area contributed by atoms with Crippen LogP contribution in [0.15, 0.2) is 24.4 Å². The van der Waals surface area contributed by atoms with Gasteiger partial charge in [0.25, 0.3) is 0 Å². The monoisotopic (exact) mass is 262 g/mol. The first-order chi connectivity index (χ1) is 8.86. The first-order valence-corrected chi connectivity index (χ1v) is 6.73. The van der Waals surface area contributed by atoms with Crippen LogP contribution in [0.25, 0.3) is 10.6 Å². The molecule has 0 fully saturated rings. The molecule has 0 spiro atoms. The maximum atomic E-state index is 5.67. The molecule has 18 heavy (non-hydrogen) atoms. The van der Waals surface area contributed by atoms with Crippen molar-refractivity contribution in [3.05, 3.63) is 29.3 Å². The van der Waals surface area contributed by atoms with Crippen LogP contribution in [0.5, 0.6) is 11.5 Å². The molecule has 1 aliphatic rings. The standard InChI is InChI=1S/C13H14N2O2S/c14-7-10-8-15-13(18-10)9-2-3-11-12(6-9)17-5-1-4-16-11/h2-3,6,8H,1,4-5,7,14H2. The number of hydrogen-bond donors (Lipinski definition) is 1. The minimum Gasteiger partial charge on any atom is -0.490 e. The average Bonchev–Trinajstić information content (AvgIpc) is 2.76. The number of rotatable bonds is 2. The first kappa shape index (κ1) is 11.5. The molecule has 5 heteroatoms. The third-order valence-electron chi connectivity index (χ3n) is 2.75. The molecule has 4 nitrogen and oxygen atoms in total. The lowest BCUT2D eigenvalue weighted by Gasteiger charge is -2.07. The summed E-state index contributed by atoms with van der Waals surface area (Å²) in [6.07, 6.45) is 2.74. The summed E-state index contributed by atoms with van der Waals surface area (Å²) in [7, 11) is 0. The molecule has 2 heterocycles. The van der Waals surface area contributed by atoms with Gasteiger partial charge in [-0.2, -0.15) is 0 Å². The third kappa shape index (κ3) is 2.19. The van der Waals surface area contributed by atoms with E-state index >= 15 is 0 Å². The molecular formula is C13H14N2O2S. The van der Waals surface area contributed by atoms with E-state index < -0.39 is 0 Å². The van der Waals surface area contributed by atoms with Crippen molar-refractivity contribution in [3.63, 3.8) is 0 Å². The summed E-state index contributed by atoms with van der Waals surface area (Å²) in [4.78, 5) is 5.45. The van der Waals surface area contributed by atoms with Gasteiger partial charge in [0.1, 0.15) is 5.01 Å². The molecule has 0 aliphatic carbocycles. The second kappa shape index (κ2) is 4.96. The van der Waals surface area contributed by atoms with Gasteiger partial charge in [0.15, 0.2) is 11.5 Å². The van der Waals surface area contributed by atoms with Crippen molar-refractivity contribution in [2.75, 3.05) is 13.2 Å². The van der Waals surface area contributed by atoms with Gasteiger partial charge in [-0.15, -0.1) is 11.3 Å². The van der Waals surface area contributed by atoms with Gasteiger partial charge in [-0.05, 0) is 18.2 Å². The maximum Gasteiger partial charge on any atom is 0.161 e. The van der Waals surface area contributed by atoms with E-state index in [0.29, 0.717) is 19.8 Å². The molecule has 0 radical (unpaired) electrons. The molecule has 2 aromatic rings. The molecule has 3 rings (SSSR count). The highest BCUT2D eigenvalue weighted by molar-refractivity contribution is 7.15. The Morgan fingerprint density at radius 2 is 2.06 bits per heavy atom. The van der Waals surface area contributed by atoms with Gasteiger partial charge in [0.2, 0.25) is 0 Å². The zero-order valence-electron chi connectivity index (χ0n) is 9.89. The Morgan fingerprint density at radius 3 is 2.83 bits per heavy atom. The molecule has 0 atom stereocenters.